The maximum Gasteiger partial charge on any atom is 0.0307 e. The van der Waals surface area contributed by atoms with Crippen LogP contribution in [0.1, 0.15) is 29.2 Å². The topological polar surface area (TPSA) is 32.5 Å². The largest absolute Gasteiger partial charge is 0.324 e. The third kappa shape index (κ3) is 4.03. The summed E-state index contributed by atoms with van der Waals surface area (Å²) in [7, 11) is 2.19. The lowest BCUT2D eigenvalue weighted by Crippen LogP contribution is -2.45. The summed E-state index contributed by atoms with van der Waals surface area (Å²) in [4.78, 5) is 4.92. The summed E-state index contributed by atoms with van der Waals surface area (Å²) in [5, 5.41) is 0. The van der Waals surface area contributed by atoms with E-state index in [2.05, 4.69) is 48.9 Å². The van der Waals surface area contributed by atoms with Gasteiger partial charge in [-0.2, -0.15) is 0 Å². The molecule has 1 aromatic rings. The standard InChI is InChI=1S/C16H27N3/c1-13-4-5-15(12-14(13)2)16(17)6-7-19-10-8-18(3)9-11-19/h4-5,12,16H,6-11,17H2,1-3H3. The lowest BCUT2D eigenvalue weighted by molar-refractivity contribution is 0.150. The summed E-state index contributed by atoms with van der Waals surface area (Å²) in [6.07, 6.45) is 1.05. The number of hydrogen-bond acceptors (Lipinski definition) is 3. The van der Waals surface area contributed by atoms with Crippen molar-refractivity contribution in [2.24, 2.45) is 5.73 Å². The van der Waals surface area contributed by atoms with E-state index in [-0.39, 0.29) is 6.04 Å². The Morgan fingerprint density at radius 2 is 1.79 bits per heavy atom. The van der Waals surface area contributed by atoms with Gasteiger partial charge in [-0.1, -0.05) is 18.2 Å². The predicted octanol–water partition coefficient (Wildman–Crippen LogP) is 1.94. The zero-order chi connectivity index (χ0) is 13.8. The molecule has 1 aliphatic heterocycles. The molecular weight excluding hydrogens is 234 g/mol. The maximum absolute atomic E-state index is 6.32. The van der Waals surface area contributed by atoms with Crippen molar-refractivity contribution in [3.63, 3.8) is 0 Å². The zero-order valence-electron chi connectivity index (χ0n) is 12.5. The van der Waals surface area contributed by atoms with Crippen LogP contribution >= 0.6 is 0 Å². The van der Waals surface area contributed by atoms with Gasteiger partial charge in [0, 0.05) is 38.8 Å². The minimum Gasteiger partial charge on any atom is -0.324 e. The minimum absolute atomic E-state index is 0.166. The van der Waals surface area contributed by atoms with Crippen LogP contribution in [0.3, 0.4) is 0 Å². The van der Waals surface area contributed by atoms with Crippen molar-refractivity contribution in [3.05, 3.63) is 34.9 Å². The number of hydrogen-bond donors (Lipinski definition) is 1. The first-order valence-corrected chi connectivity index (χ1v) is 7.30. The van der Waals surface area contributed by atoms with Crippen LogP contribution in [-0.4, -0.2) is 49.6 Å². The smallest absolute Gasteiger partial charge is 0.0307 e. The molecule has 0 spiro atoms. The van der Waals surface area contributed by atoms with Crippen LogP contribution in [0.15, 0.2) is 18.2 Å². The van der Waals surface area contributed by atoms with Gasteiger partial charge in [0.25, 0.3) is 0 Å². The van der Waals surface area contributed by atoms with Crippen LogP contribution < -0.4 is 5.73 Å². The predicted molar refractivity (Wildman–Crippen MR) is 81.4 cm³/mol. The molecule has 106 valence electrons. The molecule has 0 bridgehead atoms. The molecular formula is C16H27N3. The highest BCUT2D eigenvalue weighted by Crippen LogP contribution is 2.18. The number of piperazine rings is 1. The van der Waals surface area contributed by atoms with E-state index >= 15 is 0 Å². The van der Waals surface area contributed by atoms with Crippen molar-refractivity contribution in [1.82, 2.24) is 9.80 Å². The van der Waals surface area contributed by atoms with Crippen LogP contribution in [0.2, 0.25) is 0 Å². The van der Waals surface area contributed by atoms with E-state index in [0.717, 1.165) is 13.0 Å². The third-order valence-electron chi connectivity index (χ3n) is 4.31. The monoisotopic (exact) mass is 261 g/mol. The van der Waals surface area contributed by atoms with Crippen molar-refractivity contribution in [2.75, 3.05) is 39.8 Å². The molecule has 0 amide bonds. The third-order valence-corrected chi connectivity index (χ3v) is 4.31. The summed E-state index contributed by atoms with van der Waals surface area (Å²) in [5.41, 5.74) is 10.3. The van der Waals surface area contributed by atoms with Crippen LogP contribution in [0.5, 0.6) is 0 Å². The summed E-state index contributed by atoms with van der Waals surface area (Å²) >= 11 is 0. The molecule has 2 rings (SSSR count). The van der Waals surface area contributed by atoms with Crippen LogP contribution in [0.4, 0.5) is 0 Å². The summed E-state index contributed by atoms with van der Waals surface area (Å²) < 4.78 is 0. The second-order valence-corrected chi connectivity index (χ2v) is 5.88. The number of likely N-dealkylation sites (N-methyl/N-ethyl adjacent to an activating group) is 1. The fourth-order valence-corrected chi connectivity index (χ4v) is 2.56. The number of nitrogens with zero attached hydrogens (tertiary/aromatic N) is 2. The van der Waals surface area contributed by atoms with E-state index in [0.29, 0.717) is 0 Å². The molecule has 1 saturated heterocycles. The van der Waals surface area contributed by atoms with Gasteiger partial charge in [0.2, 0.25) is 0 Å². The Morgan fingerprint density at radius 3 is 2.42 bits per heavy atom. The number of aryl methyl sites for hydroxylation is 2. The highest BCUT2D eigenvalue weighted by atomic mass is 15.2. The average molecular weight is 261 g/mol. The molecule has 1 unspecified atom stereocenters. The Hall–Kier alpha value is -0.900. The molecule has 3 nitrogen and oxygen atoms in total. The van der Waals surface area contributed by atoms with Crippen molar-refractivity contribution in [3.8, 4) is 0 Å². The van der Waals surface area contributed by atoms with E-state index < -0.39 is 0 Å². The zero-order valence-corrected chi connectivity index (χ0v) is 12.5. The molecule has 1 aliphatic rings. The highest BCUT2D eigenvalue weighted by molar-refractivity contribution is 5.31. The highest BCUT2D eigenvalue weighted by Gasteiger charge is 2.15. The minimum atomic E-state index is 0.166. The Kier molecular flexibility index (Phi) is 4.97. The molecule has 1 heterocycles. The molecule has 0 radical (unpaired) electrons. The second kappa shape index (κ2) is 6.51. The molecule has 1 atom stereocenters. The van der Waals surface area contributed by atoms with E-state index in [1.54, 1.807) is 0 Å². The number of nitrogens with two attached hydrogens (primary N) is 1. The van der Waals surface area contributed by atoms with Gasteiger partial charge in [0.05, 0.1) is 0 Å². The van der Waals surface area contributed by atoms with E-state index in [4.69, 9.17) is 5.73 Å². The fraction of sp³-hybridized carbons (Fsp3) is 0.625. The quantitative estimate of drug-likeness (QED) is 0.899. The van der Waals surface area contributed by atoms with E-state index in [1.165, 1.54) is 42.9 Å². The molecule has 2 N–H and O–H groups in total. The van der Waals surface area contributed by atoms with Gasteiger partial charge in [0.15, 0.2) is 0 Å². The number of benzene rings is 1. The molecule has 19 heavy (non-hydrogen) atoms. The maximum atomic E-state index is 6.32. The summed E-state index contributed by atoms with van der Waals surface area (Å²) in [6.45, 7) is 10.1. The van der Waals surface area contributed by atoms with Crippen molar-refractivity contribution in [1.29, 1.82) is 0 Å². The first-order valence-electron chi connectivity index (χ1n) is 7.30. The van der Waals surface area contributed by atoms with Gasteiger partial charge in [-0.15, -0.1) is 0 Å². The average Bonchev–Trinajstić information content (AvgIpc) is 2.41. The van der Waals surface area contributed by atoms with Gasteiger partial charge >= 0.3 is 0 Å². The van der Waals surface area contributed by atoms with E-state index in [1.807, 2.05) is 0 Å². The van der Waals surface area contributed by atoms with Crippen molar-refractivity contribution < 1.29 is 0 Å². The SMILES string of the molecule is Cc1ccc(C(N)CCN2CCN(C)CC2)cc1C. The summed E-state index contributed by atoms with van der Waals surface area (Å²) in [6, 6.07) is 6.76. The molecule has 3 heteroatoms. The Bertz CT molecular complexity index is 408. The molecule has 1 aromatic carbocycles. The van der Waals surface area contributed by atoms with Gasteiger partial charge < -0.3 is 15.5 Å². The van der Waals surface area contributed by atoms with Gasteiger partial charge in [0.1, 0.15) is 0 Å². The van der Waals surface area contributed by atoms with E-state index in [9.17, 15) is 0 Å². The van der Waals surface area contributed by atoms with Gasteiger partial charge in [-0.3, -0.25) is 0 Å². The number of rotatable bonds is 4. The Balaban J connectivity index is 1.83. The van der Waals surface area contributed by atoms with Crippen molar-refractivity contribution >= 4 is 0 Å². The molecule has 0 saturated carbocycles. The van der Waals surface area contributed by atoms with Crippen LogP contribution in [0, 0.1) is 13.8 Å². The fourth-order valence-electron chi connectivity index (χ4n) is 2.56. The van der Waals surface area contributed by atoms with Gasteiger partial charge in [-0.25, -0.2) is 0 Å². The normalized spacial score (nSPS) is 19.6. The van der Waals surface area contributed by atoms with Crippen LogP contribution in [-0.2, 0) is 0 Å². The lowest BCUT2D eigenvalue weighted by Gasteiger charge is -2.32. The van der Waals surface area contributed by atoms with Crippen molar-refractivity contribution in [2.45, 2.75) is 26.3 Å². The molecule has 0 aliphatic carbocycles. The van der Waals surface area contributed by atoms with Crippen LogP contribution in [0.25, 0.3) is 0 Å². The molecule has 1 fully saturated rings. The first kappa shape index (κ1) is 14.5. The first-order chi connectivity index (χ1) is 9.06. The lowest BCUT2D eigenvalue weighted by atomic mass is 9.99. The summed E-state index contributed by atoms with van der Waals surface area (Å²) in [5.74, 6) is 0. The van der Waals surface area contributed by atoms with Gasteiger partial charge in [-0.05, 0) is 44.0 Å². The second-order valence-electron chi connectivity index (χ2n) is 5.88. The molecule has 0 aromatic heterocycles. The Morgan fingerprint density at radius 1 is 1.11 bits per heavy atom. The Labute approximate surface area is 117 Å².